The Hall–Kier alpha value is -3.49. The molecular weight excluding hydrogens is 775 g/mol. The highest BCUT2D eigenvalue weighted by Gasteiger charge is 2.25. The van der Waals surface area contributed by atoms with Crippen LogP contribution < -0.4 is 5.11 Å². The monoisotopic (exact) mass is 866 g/mol. The van der Waals surface area contributed by atoms with Crippen molar-refractivity contribution in [3.63, 3.8) is 0 Å². The number of quaternary nitrogens is 1. The fourth-order valence-corrected chi connectivity index (χ4v) is 6.71. The predicted molar refractivity (Wildman–Crippen MR) is 258 cm³/mol. The number of aliphatic carboxylic acids is 1. The molecule has 0 aromatic rings. The SMILES string of the molecule is CC/C=C/C/C=C/C/C=C/C/C=C/C/C=C/C/C=C/CCCCC(=O)OCC(COCCC(C(=O)[O-])[N+](C)(C)C)OC(=O)CCCCCCCCC/C=C/CCCCCCCC. The van der Waals surface area contributed by atoms with Crippen molar-refractivity contribution < 1.29 is 38.2 Å². The molecule has 2 atom stereocenters. The molecule has 0 heterocycles. The van der Waals surface area contributed by atoms with Gasteiger partial charge in [-0.3, -0.25) is 9.59 Å². The van der Waals surface area contributed by atoms with Crippen molar-refractivity contribution in [1.29, 1.82) is 0 Å². The van der Waals surface area contributed by atoms with Crippen molar-refractivity contribution in [2.75, 3.05) is 41.0 Å². The lowest BCUT2D eigenvalue weighted by molar-refractivity contribution is -0.889. The van der Waals surface area contributed by atoms with E-state index in [0.29, 0.717) is 12.8 Å². The molecule has 0 aliphatic heterocycles. The van der Waals surface area contributed by atoms with Gasteiger partial charge in [-0.2, -0.15) is 0 Å². The number of ether oxygens (including phenoxy) is 3. The quantitative estimate of drug-likeness (QED) is 0.0260. The lowest BCUT2D eigenvalue weighted by Gasteiger charge is -2.34. The Morgan fingerprint density at radius 3 is 1.39 bits per heavy atom. The van der Waals surface area contributed by atoms with Crippen molar-refractivity contribution in [2.45, 2.75) is 199 Å². The highest BCUT2D eigenvalue weighted by atomic mass is 16.6. The molecule has 0 amide bonds. The zero-order valence-corrected chi connectivity index (χ0v) is 40.3. The Morgan fingerprint density at radius 1 is 0.500 bits per heavy atom. The average Bonchev–Trinajstić information content (AvgIpc) is 3.23. The average molecular weight is 866 g/mol. The lowest BCUT2D eigenvalue weighted by atomic mass is 10.1. The summed E-state index contributed by atoms with van der Waals surface area (Å²) in [6, 6.07) is -0.738. The van der Waals surface area contributed by atoms with E-state index < -0.39 is 18.1 Å². The third kappa shape index (κ3) is 41.8. The Morgan fingerprint density at radius 2 is 0.903 bits per heavy atom. The number of likely N-dealkylation sites (N-methyl/N-ethyl adjacent to an activating group) is 1. The highest BCUT2D eigenvalue weighted by molar-refractivity contribution is 5.70. The van der Waals surface area contributed by atoms with Gasteiger partial charge >= 0.3 is 11.9 Å². The van der Waals surface area contributed by atoms with Gasteiger partial charge in [0.1, 0.15) is 12.6 Å². The second-order valence-corrected chi connectivity index (χ2v) is 17.3. The van der Waals surface area contributed by atoms with Gasteiger partial charge in [-0.05, 0) is 89.9 Å². The molecule has 0 aliphatic carbocycles. The first kappa shape index (κ1) is 58.5. The molecule has 8 heteroatoms. The summed E-state index contributed by atoms with van der Waals surface area (Å²) in [6.07, 6.45) is 57.5. The van der Waals surface area contributed by atoms with Crippen molar-refractivity contribution >= 4 is 17.9 Å². The third-order valence-corrected chi connectivity index (χ3v) is 10.5. The molecule has 0 saturated carbocycles. The second-order valence-electron chi connectivity index (χ2n) is 17.3. The van der Waals surface area contributed by atoms with Gasteiger partial charge < -0.3 is 28.6 Å². The van der Waals surface area contributed by atoms with Crippen LogP contribution in [0, 0.1) is 0 Å². The smallest absolute Gasteiger partial charge is 0.306 e. The first-order valence-electron chi connectivity index (χ1n) is 24.6. The largest absolute Gasteiger partial charge is 0.544 e. The molecule has 0 radical (unpaired) electrons. The molecule has 0 aromatic heterocycles. The number of hydrogen-bond acceptors (Lipinski definition) is 7. The third-order valence-electron chi connectivity index (χ3n) is 10.5. The summed E-state index contributed by atoms with van der Waals surface area (Å²) >= 11 is 0. The first-order chi connectivity index (χ1) is 30.1. The minimum absolute atomic E-state index is 0.0207. The van der Waals surface area contributed by atoms with Crippen molar-refractivity contribution in [2.24, 2.45) is 0 Å². The number of carboxylic acids is 1. The summed E-state index contributed by atoms with van der Waals surface area (Å²) in [4.78, 5) is 37.0. The molecule has 8 nitrogen and oxygen atoms in total. The van der Waals surface area contributed by atoms with Crippen molar-refractivity contribution in [1.82, 2.24) is 0 Å². The minimum Gasteiger partial charge on any atom is -0.544 e. The summed E-state index contributed by atoms with van der Waals surface area (Å²) in [7, 11) is 5.39. The Balaban J connectivity index is 4.38. The van der Waals surface area contributed by atoms with Crippen LogP contribution in [0.5, 0.6) is 0 Å². The summed E-state index contributed by atoms with van der Waals surface area (Å²) in [5.41, 5.74) is 0. The van der Waals surface area contributed by atoms with Gasteiger partial charge in [0, 0.05) is 19.3 Å². The van der Waals surface area contributed by atoms with E-state index in [9.17, 15) is 19.5 Å². The van der Waals surface area contributed by atoms with E-state index in [1.165, 1.54) is 77.0 Å². The molecule has 0 bridgehead atoms. The highest BCUT2D eigenvalue weighted by Crippen LogP contribution is 2.13. The standard InChI is InChI=1S/C54H91NO7/c1-6-8-10-12-14-16-18-20-22-24-25-26-27-29-30-32-34-36-38-40-42-44-52(56)61-49-50(48-60-47-46-51(54(58)59)55(3,4)5)62-53(57)45-43-41-39-37-35-33-31-28-23-21-19-17-15-13-11-9-7-2/h8,10,14,16,20-23,25-26,29-30,34,36,50-51H,6-7,9,11-13,15,17-19,24,27-28,31-33,35,37-49H2,1-5H3/b10-8+,16-14+,22-20+,23-21+,26-25+,30-29+,36-34+. The van der Waals surface area contributed by atoms with Gasteiger partial charge in [-0.1, -0.05) is 163 Å². The molecule has 2 unspecified atom stereocenters. The van der Waals surface area contributed by atoms with Crippen LogP contribution in [0.2, 0.25) is 0 Å². The number of nitrogens with zero attached hydrogens (tertiary/aromatic N) is 1. The fourth-order valence-electron chi connectivity index (χ4n) is 6.71. The predicted octanol–water partition coefficient (Wildman–Crippen LogP) is 12.7. The van der Waals surface area contributed by atoms with Crippen LogP contribution in [-0.2, 0) is 28.6 Å². The maximum atomic E-state index is 12.8. The Bertz CT molecular complexity index is 1290. The Kier molecular flexibility index (Phi) is 41.6. The van der Waals surface area contributed by atoms with Gasteiger partial charge in [0.25, 0.3) is 0 Å². The van der Waals surface area contributed by atoms with E-state index in [-0.39, 0.29) is 49.1 Å². The van der Waals surface area contributed by atoms with Crippen LogP contribution in [0.4, 0.5) is 0 Å². The van der Waals surface area contributed by atoms with Crippen LogP contribution in [0.25, 0.3) is 0 Å². The van der Waals surface area contributed by atoms with Gasteiger partial charge in [0.15, 0.2) is 6.10 Å². The van der Waals surface area contributed by atoms with E-state index in [0.717, 1.165) is 70.6 Å². The summed E-state index contributed by atoms with van der Waals surface area (Å²) in [5, 5.41) is 11.7. The minimum atomic E-state index is -1.13. The molecule has 62 heavy (non-hydrogen) atoms. The molecule has 0 aromatic carbocycles. The van der Waals surface area contributed by atoms with Gasteiger partial charge in [0.2, 0.25) is 0 Å². The summed E-state index contributed by atoms with van der Waals surface area (Å²) in [5.74, 6) is -1.80. The number of hydrogen-bond donors (Lipinski definition) is 0. The topological polar surface area (TPSA) is 102 Å². The molecular formula is C54H91NO7. The zero-order chi connectivity index (χ0) is 45.6. The Labute approximate surface area is 380 Å². The second kappa shape index (κ2) is 44.1. The van der Waals surface area contributed by atoms with E-state index in [4.69, 9.17) is 14.2 Å². The summed E-state index contributed by atoms with van der Waals surface area (Å²) < 4.78 is 17.2. The van der Waals surface area contributed by atoms with E-state index in [1.807, 2.05) is 0 Å². The van der Waals surface area contributed by atoms with Crippen LogP contribution in [-0.4, -0.2) is 75.5 Å². The molecule has 0 N–H and O–H groups in total. The van der Waals surface area contributed by atoms with Gasteiger partial charge in [-0.25, -0.2) is 0 Å². The van der Waals surface area contributed by atoms with E-state index in [2.05, 4.69) is 98.9 Å². The van der Waals surface area contributed by atoms with Crippen LogP contribution in [0.3, 0.4) is 0 Å². The lowest BCUT2D eigenvalue weighted by Crippen LogP contribution is -2.55. The van der Waals surface area contributed by atoms with E-state index >= 15 is 0 Å². The molecule has 0 spiro atoms. The number of carbonyl (C=O) groups is 3. The van der Waals surface area contributed by atoms with E-state index in [1.54, 1.807) is 21.1 Å². The molecule has 0 saturated heterocycles. The number of rotatable bonds is 43. The maximum absolute atomic E-state index is 12.8. The van der Waals surface area contributed by atoms with Crippen LogP contribution >= 0.6 is 0 Å². The molecule has 0 aliphatic rings. The van der Waals surface area contributed by atoms with Gasteiger partial charge in [0.05, 0.1) is 40.3 Å². The number of allylic oxidation sites excluding steroid dienone is 14. The van der Waals surface area contributed by atoms with Crippen LogP contribution in [0.15, 0.2) is 85.1 Å². The van der Waals surface area contributed by atoms with Crippen molar-refractivity contribution in [3.05, 3.63) is 85.1 Å². The number of unbranched alkanes of at least 4 members (excludes halogenated alkanes) is 15. The maximum Gasteiger partial charge on any atom is 0.306 e. The molecule has 0 rings (SSSR count). The first-order valence-corrected chi connectivity index (χ1v) is 24.6. The molecule has 0 fully saturated rings. The van der Waals surface area contributed by atoms with Crippen molar-refractivity contribution in [3.8, 4) is 0 Å². The zero-order valence-electron chi connectivity index (χ0n) is 40.3. The number of carbonyl (C=O) groups excluding carboxylic acids is 3. The summed E-state index contributed by atoms with van der Waals surface area (Å²) in [6.45, 7) is 4.49. The number of carboxylic acid groups (broad SMARTS) is 1. The van der Waals surface area contributed by atoms with Gasteiger partial charge in [-0.15, -0.1) is 0 Å². The molecule has 354 valence electrons. The van der Waals surface area contributed by atoms with Crippen LogP contribution in [0.1, 0.15) is 187 Å². The number of esters is 2. The normalized spacial score (nSPS) is 13.6. The fraction of sp³-hybridized carbons (Fsp3) is 0.685.